The summed E-state index contributed by atoms with van der Waals surface area (Å²) in [6.45, 7) is 8.37. The lowest BCUT2D eigenvalue weighted by molar-refractivity contribution is 0.185. The lowest BCUT2D eigenvalue weighted by atomic mass is 9.82. The van der Waals surface area contributed by atoms with E-state index in [-0.39, 0.29) is 12.0 Å². The second-order valence-electron chi connectivity index (χ2n) is 10.6. The van der Waals surface area contributed by atoms with Crippen molar-refractivity contribution in [1.29, 1.82) is 5.41 Å². The minimum atomic E-state index is -0.386. The van der Waals surface area contributed by atoms with Crippen LogP contribution in [0.15, 0.2) is 22.1 Å². The SMILES string of the molecule is COC1C=C(c2[nH]c3cc(C)c(C4CCC(NC5CCOC5)CC4)nc3c2C(C)C)C=NC1=NC=N. The molecule has 2 aliphatic heterocycles. The van der Waals surface area contributed by atoms with Crippen LogP contribution in [0.3, 0.4) is 0 Å². The van der Waals surface area contributed by atoms with Crippen LogP contribution in [-0.4, -0.2) is 66.9 Å². The number of ether oxygens (including phenoxy) is 2. The van der Waals surface area contributed by atoms with Crippen LogP contribution >= 0.6 is 0 Å². The molecule has 5 rings (SSSR count). The monoisotopic (exact) mass is 490 g/mol. The summed E-state index contributed by atoms with van der Waals surface area (Å²) in [4.78, 5) is 17.5. The third-order valence-electron chi connectivity index (χ3n) is 7.79. The van der Waals surface area contributed by atoms with Gasteiger partial charge in [0.2, 0.25) is 0 Å². The molecule has 1 aliphatic carbocycles. The largest absolute Gasteiger partial charge is 0.380 e. The average Bonchev–Trinajstić information content (AvgIpc) is 3.52. The second-order valence-corrected chi connectivity index (χ2v) is 10.6. The van der Waals surface area contributed by atoms with Crippen LogP contribution in [0.4, 0.5) is 0 Å². The van der Waals surface area contributed by atoms with Gasteiger partial charge in [-0.2, -0.15) is 0 Å². The summed E-state index contributed by atoms with van der Waals surface area (Å²) >= 11 is 0. The zero-order chi connectivity index (χ0) is 25.2. The average molecular weight is 491 g/mol. The van der Waals surface area contributed by atoms with Gasteiger partial charge in [-0.3, -0.25) is 10.4 Å². The van der Waals surface area contributed by atoms with E-state index in [1.54, 1.807) is 7.11 Å². The fourth-order valence-corrected chi connectivity index (χ4v) is 5.97. The van der Waals surface area contributed by atoms with Crippen molar-refractivity contribution >= 4 is 35.0 Å². The Morgan fingerprint density at radius 2 is 2.03 bits per heavy atom. The maximum Gasteiger partial charge on any atom is 0.162 e. The molecular formula is C28H38N6O2. The molecule has 2 atom stereocenters. The van der Waals surface area contributed by atoms with Crippen molar-refractivity contribution < 1.29 is 9.47 Å². The van der Waals surface area contributed by atoms with E-state index >= 15 is 0 Å². The topological polar surface area (TPSA) is 108 Å². The van der Waals surface area contributed by atoms with Crippen LogP contribution in [0.2, 0.25) is 0 Å². The van der Waals surface area contributed by atoms with Crippen LogP contribution < -0.4 is 5.32 Å². The van der Waals surface area contributed by atoms with Crippen molar-refractivity contribution in [3.05, 3.63) is 34.7 Å². The van der Waals surface area contributed by atoms with E-state index in [4.69, 9.17) is 19.9 Å². The fraction of sp³-hybridized carbons (Fsp3) is 0.571. The number of aromatic amines is 1. The molecule has 2 aromatic rings. The highest BCUT2D eigenvalue weighted by Crippen LogP contribution is 2.38. The Kier molecular flexibility index (Phi) is 7.46. The van der Waals surface area contributed by atoms with Crippen LogP contribution in [-0.2, 0) is 9.47 Å². The number of pyridine rings is 1. The van der Waals surface area contributed by atoms with E-state index in [0.29, 0.717) is 23.8 Å². The van der Waals surface area contributed by atoms with Gasteiger partial charge in [-0.1, -0.05) is 13.8 Å². The number of allylic oxidation sites excluding steroid dienone is 1. The molecule has 0 radical (unpaired) electrons. The summed E-state index contributed by atoms with van der Waals surface area (Å²) in [6, 6.07) is 3.38. The number of dihydropyridines is 1. The predicted octanol–water partition coefficient (Wildman–Crippen LogP) is 4.89. The van der Waals surface area contributed by atoms with E-state index in [1.807, 2.05) is 12.3 Å². The number of rotatable bonds is 7. The van der Waals surface area contributed by atoms with E-state index in [1.165, 1.54) is 42.5 Å². The molecule has 2 aromatic heterocycles. The van der Waals surface area contributed by atoms with Crippen molar-refractivity contribution in [3.63, 3.8) is 0 Å². The van der Waals surface area contributed by atoms with Gasteiger partial charge in [0.1, 0.15) is 12.4 Å². The van der Waals surface area contributed by atoms with Gasteiger partial charge in [-0.15, -0.1) is 0 Å². The Morgan fingerprint density at radius 3 is 2.69 bits per heavy atom. The molecule has 3 aliphatic rings. The number of aliphatic imine (C=N–C) groups is 2. The molecule has 0 amide bonds. The predicted molar refractivity (Wildman–Crippen MR) is 146 cm³/mol. The summed E-state index contributed by atoms with van der Waals surface area (Å²) in [7, 11) is 1.64. The highest BCUT2D eigenvalue weighted by atomic mass is 16.5. The number of fused-ring (bicyclic) bond motifs is 1. The number of H-pyrrole nitrogens is 1. The Labute approximate surface area is 213 Å². The molecule has 0 bridgehead atoms. The number of amidine groups is 1. The number of methoxy groups -OCH3 is 1. The Hall–Kier alpha value is -2.68. The number of nitrogens with one attached hydrogen (secondary N) is 3. The molecule has 0 spiro atoms. The first-order chi connectivity index (χ1) is 17.5. The van der Waals surface area contributed by atoms with Crippen LogP contribution in [0.25, 0.3) is 16.6 Å². The summed E-state index contributed by atoms with van der Waals surface area (Å²) in [5.74, 6) is 1.27. The molecule has 36 heavy (non-hydrogen) atoms. The van der Waals surface area contributed by atoms with Crippen molar-refractivity contribution in [1.82, 2.24) is 15.3 Å². The quantitative estimate of drug-likeness (QED) is 0.379. The maximum atomic E-state index is 7.28. The molecule has 3 N–H and O–H groups in total. The van der Waals surface area contributed by atoms with Gasteiger partial charge in [0, 0.05) is 54.8 Å². The molecule has 2 unspecified atom stereocenters. The van der Waals surface area contributed by atoms with E-state index in [0.717, 1.165) is 48.3 Å². The molecular weight excluding hydrogens is 452 g/mol. The molecule has 4 heterocycles. The van der Waals surface area contributed by atoms with Crippen LogP contribution in [0.1, 0.15) is 80.3 Å². The zero-order valence-corrected chi connectivity index (χ0v) is 21.8. The summed E-state index contributed by atoms with van der Waals surface area (Å²) in [5.41, 5.74) is 7.85. The molecule has 2 fully saturated rings. The van der Waals surface area contributed by atoms with Gasteiger partial charge in [-0.05, 0) is 62.7 Å². The lowest BCUT2D eigenvalue weighted by Gasteiger charge is -2.31. The number of aromatic nitrogens is 2. The highest BCUT2D eigenvalue weighted by molar-refractivity contribution is 6.19. The molecule has 1 saturated heterocycles. The Morgan fingerprint density at radius 1 is 1.22 bits per heavy atom. The summed E-state index contributed by atoms with van der Waals surface area (Å²) in [5, 5.41) is 11.1. The van der Waals surface area contributed by atoms with E-state index in [2.05, 4.69) is 47.1 Å². The zero-order valence-electron chi connectivity index (χ0n) is 21.8. The smallest absolute Gasteiger partial charge is 0.162 e. The molecule has 0 aromatic carbocycles. The highest BCUT2D eigenvalue weighted by Gasteiger charge is 2.29. The third-order valence-corrected chi connectivity index (χ3v) is 7.79. The lowest BCUT2D eigenvalue weighted by Crippen LogP contribution is -2.40. The van der Waals surface area contributed by atoms with Gasteiger partial charge >= 0.3 is 0 Å². The van der Waals surface area contributed by atoms with Crippen LogP contribution in [0, 0.1) is 12.3 Å². The standard InChI is InChI=1S/C28H38N6O2/c1-16(2)24-26(19-12-23(35-4)28(30-13-19)31-15-29)33-22-11-17(3)25(34-27(22)24)18-5-7-20(8-6-18)32-21-9-10-36-14-21/h11-13,15-16,18,20-21,23,29,32-33H,5-10,14H2,1-4H3. The minimum Gasteiger partial charge on any atom is -0.380 e. The van der Waals surface area contributed by atoms with Crippen molar-refractivity contribution in [3.8, 4) is 0 Å². The first-order valence-electron chi connectivity index (χ1n) is 13.2. The summed E-state index contributed by atoms with van der Waals surface area (Å²) in [6.07, 6.45) is 10.3. The second kappa shape index (κ2) is 10.7. The third kappa shape index (κ3) is 4.94. The van der Waals surface area contributed by atoms with Gasteiger partial charge in [0.15, 0.2) is 5.84 Å². The van der Waals surface area contributed by atoms with Crippen molar-refractivity contribution in [2.24, 2.45) is 9.98 Å². The Balaban J connectivity index is 1.43. The first kappa shape index (κ1) is 25.0. The van der Waals surface area contributed by atoms with Gasteiger partial charge < -0.3 is 19.8 Å². The normalized spacial score (nSPS) is 27.8. The van der Waals surface area contributed by atoms with Crippen molar-refractivity contribution in [2.75, 3.05) is 20.3 Å². The molecule has 1 saturated carbocycles. The molecule has 192 valence electrons. The molecule has 8 heteroatoms. The molecule has 8 nitrogen and oxygen atoms in total. The van der Waals surface area contributed by atoms with Crippen molar-refractivity contribution in [2.45, 2.75) is 82.9 Å². The Bertz CT molecular complexity index is 1200. The number of hydrogen-bond acceptors (Lipinski definition) is 5. The fourth-order valence-electron chi connectivity index (χ4n) is 5.97. The summed E-state index contributed by atoms with van der Waals surface area (Å²) < 4.78 is 11.1. The van der Waals surface area contributed by atoms with Gasteiger partial charge in [-0.25, -0.2) is 9.98 Å². The maximum absolute atomic E-state index is 7.28. The van der Waals surface area contributed by atoms with Gasteiger partial charge in [0.25, 0.3) is 0 Å². The van der Waals surface area contributed by atoms with Crippen LogP contribution in [0.5, 0.6) is 0 Å². The minimum absolute atomic E-state index is 0.289. The number of hydrogen-bond donors (Lipinski definition) is 3. The van der Waals surface area contributed by atoms with E-state index < -0.39 is 0 Å². The number of aryl methyl sites for hydroxylation is 1. The first-order valence-corrected chi connectivity index (χ1v) is 13.2. The van der Waals surface area contributed by atoms with E-state index in [9.17, 15) is 0 Å². The van der Waals surface area contributed by atoms with Gasteiger partial charge in [0.05, 0.1) is 23.3 Å². The number of nitrogens with zero attached hydrogens (tertiary/aromatic N) is 3.